The van der Waals surface area contributed by atoms with Crippen LogP contribution in [0.1, 0.15) is 27.7 Å². The lowest BCUT2D eigenvalue weighted by Crippen LogP contribution is -2.49. The van der Waals surface area contributed by atoms with Crippen molar-refractivity contribution in [3.63, 3.8) is 0 Å². The number of urea groups is 1. The maximum absolute atomic E-state index is 12.2. The van der Waals surface area contributed by atoms with Crippen LogP contribution in [0.2, 0.25) is 5.02 Å². The molecule has 6 nitrogen and oxygen atoms in total. The normalized spacial score (nSPS) is 12.5. The van der Waals surface area contributed by atoms with Crippen molar-refractivity contribution in [2.24, 2.45) is 0 Å². The van der Waals surface area contributed by atoms with E-state index in [9.17, 15) is 9.59 Å². The smallest absolute Gasteiger partial charge is 0.321 e. The Morgan fingerprint density at radius 2 is 1.88 bits per heavy atom. The van der Waals surface area contributed by atoms with Gasteiger partial charge in [0, 0.05) is 28.6 Å². The molecule has 0 spiro atoms. The molecule has 8 heteroatoms. The summed E-state index contributed by atoms with van der Waals surface area (Å²) >= 11 is 7.18. The second-order valence-corrected chi connectivity index (χ2v) is 8.25. The molecule has 2 rings (SSSR count). The minimum atomic E-state index is -0.508. The number of thioether (sulfide) groups is 1. The van der Waals surface area contributed by atoms with E-state index in [1.54, 1.807) is 25.3 Å². The Labute approximate surface area is 156 Å². The minimum Gasteiger partial charge on any atom is -0.333 e. The highest BCUT2D eigenvalue weighted by Crippen LogP contribution is 2.25. The van der Waals surface area contributed by atoms with Crippen LogP contribution >= 0.6 is 23.4 Å². The number of hydrogen-bond donors (Lipinski definition) is 2. The Morgan fingerprint density at radius 3 is 2.48 bits per heavy atom. The number of amides is 3. The van der Waals surface area contributed by atoms with Crippen molar-refractivity contribution in [1.29, 1.82) is 0 Å². The molecule has 0 saturated heterocycles. The highest BCUT2D eigenvalue weighted by atomic mass is 35.5. The van der Waals surface area contributed by atoms with Gasteiger partial charge in [-0.2, -0.15) is 0 Å². The third-order valence-electron chi connectivity index (χ3n) is 3.09. The van der Waals surface area contributed by atoms with Crippen molar-refractivity contribution in [1.82, 2.24) is 20.2 Å². The number of carbonyl (C=O) groups is 2. The molecule has 0 aliphatic rings. The summed E-state index contributed by atoms with van der Waals surface area (Å²) in [6, 6.07) is 6.81. The number of halogens is 1. The Kier molecular flexibility index (Phi) is 6.13. The van der Waals surface area contributed by atoms with Gasteiger partial charge in [-0.25, -0.2) is 9.78 Å². The van der Waals surface area contributed by atoms with Crippen LogP contribution in [0.3, 0.4) is 0 Å². The summed E-state index contributed by atoms with van der Waals surface area (Å²) < 4.78 is 1.86. The van der Waals surface area contributed by atoms with E-state index in [0.29, 0.717) is 10.2 Å². The Morgan fingerprint density at radius 1 is 1.24 bits per heavy atom. The van der Waals surface area contributed by atoms with Crippen LogP contribution in [-0.2, 0) is 4.79 Å². The lowest BCUT2D eigenvalue weighted by Gasteiger charge is -2.21. The highest BCUT2D eigenvalue weighted by molar-refractivity contribution is 8.00. The maximum atomic E-state index is 12.2. The number of imide groups is 1. The summed E-state index contributed by atoms with van der Waals surface area (Å²) in [5.41, 5.74) is 0.480. The molecule has 0 aliphatic carbocycles. The number of benzene rings is 1. The van der Waals surface area contributed by atoms with Gasteiger partial charge >= 0.3 is 6.03 Å². The molecule has 1 atom stereocenters. The molecule has 2 N–H and O–H groups in total. The number of rotatable bonds is 4. The number of nitrogens with one attached hydrogen (secondary N) is 2. The maximum Gasteiger partial charge on any atom is 0.321 e. The van der Waals surface area contributed by atoms with Crippen molar-refractivity contribution in [2.45, 2.75) is 43.6 Å². The zero-order valence-corrected chi connectivity index (χ0v) is 16.1. The molecule has 0 bridgehead atoms. The molecule has 134 valence electrons. The van der Waals surface area contributed by atoms with Crippen LogP contribution in [0, 0.1) is 0 Å². The second-order valence-electron chi connectivity index (χ2n) is 6.51. The fourth-order valence-electron chi connectivity index (χ4n) is 1.97. The van der Waals surface area contributed by atoms with E-state index >= 15 is 0 Å². The average molecular weight is 381 g/mol. The Balaban J connectivity index is 2.02. The summed E-state index contributed by atoms with van der Waals surface area (Å²) in [5, 5.41) is 5.86. The topological polar surface area (TPSA) is 76.0 Å². The van der Waals surface area contributed by atoms with E-state index in [1.165, 1.54) is 11.8 Å². The van der Waals surface area contributed by atoms with E-state index in [-0.39, 0.29) is 5.91 Å². The van der Waals surface area contributed by atoms with E-state index in [2.05, 4.69) is 15.6 Å². The van der Waals surface area contributed by atoms with Crippen LogP contribution in [-0.4, -0.2) is 32.3 Å². The molecule has 1 aromatic carbocycles. The summed E-state index contributed by atoms with van der Waals surface area (Å²) in [5.74, 6) is -0.377. The molecule has 0 radical (unpaired) electrons. The number of hydrogen-bond acceptors (Lipinski definition) is 4. The molecule has 0 saturated carbocycles. The van der Waals surface area contributed by atoms with Crippen molar-refractivity contribution < 1.29 is 9.59 Å². The van der Waals surface area contributed by atoms with Gasteiger partial charge in [0.2, 0.25) is 5.91 Å². The van der Waals surface area contributed by atoms with Gasteiger partial charge in [-0.3, -0.25) is 14.7 Å². The predicted octanol–water partition coefficient (Wildman–Crippen LogP) is 3.63. The largest absolute Gasteiger partial charge is 0.333 e. The second kappa shape index (κ2) is 7.93. The van der Waals surface area contributed by atoms with Crippen LogP contribution in [0.5, 0.6) is 0 Å². The van der Waals surface area contributed by atoms with Crippen LogP contribution < -0.4 is 10.6 Å². The fraction of sp³-hybridized carbons (Fsp3) is 0.353. The SMILES string of the molecule is C[C@@H](Sc1nccn1-c1ccc(Cl)cc1)C(=O)NC(=O)NC(C)(C)C. The summed E-state index contributed by atoms with van der Waals surface area (Å²) in [4.78, 5) is 28.3. The molecular weight excluding hydrogens is 360 g/mol. The Hall–Kier alpha value is -1.99. The van der Waals surface area contributed by atoms with E-state index in [1.807, 2.05) is 43.7 Å². The van der Waals surface area contributed by atoms with Crippen LogP contribution in [0.4, 0.5) is 4.79 Å². The summed E-state index contributed by atoms with van der Waals surface area (Å²) in [6.07, 6.45) is 3.47. The number of carbonyl (C=O) groups excluding carboxylic acids is 2. The van der Waals surface area contributed by atoms with Crippen molar-refractivity contribution in [3.8, 4) is 5.69 Å². The first kappa shape index (κ1) is 19.3. The zero-order chi connectivity index (χ0) is 18.6. The lowest BCUT2D eigenvalue weighted by molar-refractivity contribution is -0.119. The summed E-state index contributed by atoms with van der Waals surface area (Å²) in [7, 11) is 0. The molecule has 2 aromatic rings. The molecule has 3 amide bonds. The predicted molar refractivity (Wildman–Crippen MR) is 100 cm³/mol. The fourth-order valence-corrected chi connectivity index (χ4v) is 2.98. The van der Waals surface area contributed by atoms with Gasteiger partial charge in [-0.15, -0.1) is 0 Å². The molecule has 25 heavy (non-hydrogen) atoms. The van der Waals surface area contributed by atoms with Gasteiger partial charge in [-0.1, -0.05) is 23.4 Å². The average Bonchev–Trinajstić information content (AvgIpc) is 2.94. The van der Waals surface area contributed by atoms with Gasteiger partial charge in [0.15, 0.2) is 5.16 Å². The minimum absolute atomic E-state index is 0.377. The number of aromatic nitrogens is 2. The van der Waals surface area contributed by atoms with Crippen molar-refractivity contribution in [3.05, 3.63) is 41.7 Å². The third-order valence-corrected chi connectivity index (χ3v) is 4.42. The molecule has 0 aliphatic heterocycles. The van der Waals surface area contributed by atoms with Crippen molar-refractivity contribution >= 4 is 35.3 Å². The van der Waals surface area contributed by atoms with Gasteiger partial charge in [0.05, 0.1) is 5.25 Å². The van der Waals surface area contributed by atoms with Gasteiger partial charge in [-0.05, 0) is 52.0 Å². The molecule has 1 heterocycles. The van der Waals surface area contributed by atoms with Crippen LogP contribution in [0.25, 0.3) is 5.69 Å². The lowest BCUT2D eigenvalue weighted by atomic mass is 10.1. The van der Waals surface area contributed by atoms with Crippen LogP contribution in [0.15, 0.2) is 41.8 Å². The zero-order valence-electron chi connectivity index (χ0n) is 14.5. The van der Waals surface area contributed by atoms with E-state index < -0.39 is 16.8 Å². The van der Waals surface area contributed by atoms with E-state index in [4.69, 9.17) is 11.6 Å². The number of imidazole rings is 1. The first-order valence-electron chi connectivity index (χ1n) is 7.75. The van der Waals surface area contributed by atoms with Gasteiger partial charge in [0.1, 0.15) is 0 Å². The first-order valence-corrected chi connectivity index (χ1v) is 9.00. The molecule has 0 fully saturated rings. The van der Waals surface area contributed by atoms with Gasteiger partial charge < -0.3 is 5.32 Å². The molecule has 0 unspecified atom stereocenters. The van der Waals surface area contributed by atoms with E-state index in [0.717, 1.165) is 5.69 Å². The standard InChI is InChI=1S/C17H21ClN4O2S/c1-11(14(23)20-15(24)21-17(2,3)4)25-16-19-9-10-22(16)13-7-5-12(18)6-8-13/h5-11H,1-4H3,(H2,20,21,23,24)/t11-/m1/s1. The Bertz CT molecular complexity index is 753. The quantitative estimate of drug-likeness (QED) is 0.794. The number of nitrogens with zero attached hydrogens (tertiary/aromatic N) is 2. The molecular formula is C17H21ClN4O2S. The van der Waals surface area contributed by atoms with Gasteiger partial charge in [0.25, 0.3) is 0 Å². The summed E-state index contributed by atoms with van der Waals surface area (Å²) in [6.45, 7) is 7.26. The monoisotopic (exact) mass is 380 g/mol. The first-order chi connectivity index (χ1) is 11.7. The van der Waals surface area contributed by atoms with Crippen molar-refractivity contribution in [2.75, 3.05) is 0 Å². The molecule has 1 aromatic heterocycles. The highest BCUT2D eigenvalue weighted by Gasteiger charge is 2.21. The third kappa shape index (κ3) is 5.79.